The molecule has 0 radical (unpaired) electrons. The molecule has 0 amide bonds. The molecule has 88 valence electrons. The van der Waals surface area contributed by atoms with E-state index in [4.69, 9.17) is 5.73 Å². The first kappa shape index (κ1) is 12.5. The van der Waals surface area contributed by atoms with Gasteiger partial charge in [0.1, 0.15) is 0 Å². The van der Waals surface area contributed by atoms with Gasteiger partial charge in [-0.25, -0.2) is 8.42 Å². The molecule has 1 fully saturated rings. The first-order valence-corrected chi connectivity index (χ1v) is 7.04. The van der Waals surface area contributed by atoms with Crippen LogP contribution in [0.2, 0.25) is 0 Å². The smallest absolute Gasteiger partial charge is 0.150 e. The lowest BCUT2D eigenvalue weighted by molar-refractivity contribution is 0.563. The molecule has 0 spiro atoms. The maximum atomic E-state index is 11.2. The number of hydrogen-bond donors (Lipinski definition) is 1. The van der Waals surface area contributed by atoms with Crippen LogP contribution in [0.4, 0.5) is 0 Å². The van der Waals surface area contributed by atoms with E-state index >= 15 is 0 Å². The third-order valence-electron chi connectivity index (χ3n) is 2.61. The van der Waals surface area contributed by atoms with Gasteiger partial charge in [-0.1, -0.05) is 20.8 Å². The summed E-state index contributed by atoms with van der Waals surface area (Å²) in [6.45, 7) is 6.54. The van der Waals surface area contributed by atoms with Crippen LogP contribution in [0.5, 0.6) is 0 Å². The predicted octanol–water partition coefficient (Wildman–Crippen LogP) is 0.824. The number of nitrogens with zero attached hydrogens (tertiary/aromatic N) is 1. The van der Waals surface area contributed by atoms with Gasteiger partial charge in [0.25, 0.3) is 0 Å². The van der Waals surface area contributed by atoms with E-state index in [2.05, 4.69) is 4.99 Å². The molecule has 1 aliphatic heterocycles. The van der Waals surface area contributed by atoms with E-state index in [0.29, 0.717) is 18.1 Å². The molecule has 0 aromatic heterocycles. The third kappa shape index (κ3) is 3.81. The molecule has 1 rings (SSSR count). The lowest BCUT2D eigenvalue weighted by atomic mass is 9.95. The molecular formula is C10H20N2O2S. The Morgan fingerprint density at radius 2 is 2.07 bits per heavy atom. The predicted molar refractivity (Wildman–Crippen MR) is 62.7 cm³/mol. The minimum Gasteiger partial charge on any atom is -0.387 e. The van der Waals surface area contributed by atoms with E-state index in [1.54, 1.807) is 0 Å². The summed E-state index contributed by atoms with van der Waals surface area (Å²) >= 11 is 0. The van der Waals surface area contributed by atoms with Crippen molar-refractivity contribution in [2.75, 3.05) is 18.1 Å². The molecule has 0 aliphatic carbocycles. The zero-order valence-electron chi connectivity index (χ0n) is 9.66. The number of rotatable bonds is 2. The van der Waals surface area contributed by atoms with Crippen molar-refractivity contribution in [3.05, 3.63) is 0 Å². The Kier molecular flexibility index (Phi) is 3.43. The van der Waals surface area contributed by atoms with Crippen molar-refractivity contribution in [1.82, 2.24) is 0 Å². The van der Waals surface area contributed by atoms with Gasteiger partial charge in [-0.05, 0) is 12.3 Å². The molecule has 1 atom stereocenters. The van der Waals surface area contributed by atoms with Gasteiger partial charge in [-0.3, -0.25) is 4.99 Å². The summed E-state index contributed by atoms with van der Waals surface area (Å²) in [5.41, 5.74) is 5.67. The van der Waals surface area contributed by atoms with Crippen LogP contribution in [-0.4, -0.2) is 32.3 Å². The Morgan fingerprint density at radius 1 is 1.47 bits per heavy atom. The Hall–Kier alpha value is -0.580. The van der Waals surface area contributed by atoms with Gasteiger partial charge in [0, 0.05) is 12.0 Å². The van der Waals surface area contributed by atoms with E-state index in [0.717, 1.165) is 6.42 Å². The van der Waals surface area contributed by atoms with Gasteiger partial charge in [-0.2, -0.15) is 0 Å². The summed E-state index contributed by atoms with van der Waals surface area (Å²) in [6.07, 6.45) is 0.725. The fourth-order valence-electron chi connectivity index (χ4n) is 1.48. The number of amidine groups is 1. The molecule has 2 N–H and O–H groups in total. The molecule has 15 heavy (non-hydrogen) atoms. The van der Waals surface area contributed by atoms with E-state index < -0.39 is 9.84 Å². The van der Waals surface area contributed by atoms with Gasteiger partial charge >= 0.3 is 0 Å². The second kappa shape index (κ2) is 4.12. The summed E-state index contributed by atoms with van der Waals surface area (Å²) in [4.78, 5) is 4.27. The molecule has 1 saturated heterocycles. The third-order valence-corrected chi connectivity index (χ3v) is 4.45. The van der Waals surface area contributed by atoms with Crippen LogP contribution in [0.25, 0.3) is 0 Å². The Labute approximate surface area is 91.9 Å². The molecule has 0 saturated carbocycles. The lowest BCUT2D eigenvalue weighted by Gasteiger charge is -2.18. The summed E-state index contributed by atoms with van der Waals surface area (Å²) in [5, 5.41) is 0. The topological polar surface area (TPSA) is 72.5 Å². The van der Waals surface area contributed by atoms with Crippen molar-refractivity contribution in [1.29, 1.82) is 0 Å². The first-order valence-electron chi connectivity index (χ1n) is 5.21. The zero-order valence-corrected chi connectivity index (χ0v) is 10.5. The maximum absolute atomic E-state index is 11.2. The van der Waals surface area contributed by atoms with Gasteiger partial charge in [0.2, 0.25) is 0 Å². The van der Waals surface area contributed by atoms with Gasteiger partial charge < -0.3 is 5.73 Å². The summed E-state index contributed by atoms with van der Waals surface area (Å²) in [5.74, 6) is 1.35. The summed E-state index contributed by atoms with van der Waals surface area (Å²) in [7, 11) is -2.79. The normalized spacial score (nSPS) is 26.9. The van der Waals surface area contributed by atoms with Crippen LogP contribution in [0.3, 0.4) is 0 Å². The maximum Gasteiger partial charge on any atom is 0.150 e. The second-order valence-corrected chi connectivity index (χ2v) is 7.47. The van der Waals surface area contributed by atoms with Crippen LogP contribution in [0.1, 0.15) is 27.2 Å². The average Bonchev–Trinajstić information content (AvgIpc) is 2.39. The molecule has 1 heterocycles. The minimum absolute atomic E-state index is 0.128. The molecule has 0 aromatic carbocycles. The highest BCUT2D eigenvalue weighted by Gasteiger charge is 2.27. The first-order chi connectivity index (χ1) is 6.71. The number of sulfone groups is 1. The highest BCUT2D eigenvalue weighted by atomic mass is 32.2. The van der Waals surface area contributed by atoms with E-state index in [-0.39, 0.29) is 17.1 Å². The van der Waals surface area contributed by atoms with Crippen LogP contribution in [0.15, 0.2) is 4.99 Å². The molecular weight excluding hydrogens is 212 g/mol. The standard InChI is InChI=1S/C10H20N2O2S/c1-10(2,3)9(11)12-6-8-4-5-15(13,14)7-8/h8H,4-7H2,1-3H3,(H2,11,12). The fourth-order valence-corrected chi connectivity index (χ4v) is 3.33. The molecule has 0 aromatic rings. The molecule has 5 heteroatoms. The van der Waals surface area contributed by atoms with Crippen LogP contribution in [-0.2, 0) is 9.84 Å². The lowest BCUT2D eigenvalue weighted by Crippen LogP contribution is -2.29. The van der Waals surface area contributed by atoms with Crippen molar-refractivity contribution in [3.63, 3.8) is 0 Å². The number of hydrogen-bond acceptors (Lipinski definition) is 3. The van der Waals surface area contributed by atoms with Crippen molar-refractivity contribution in [2.24, 2.45) is 22.1 Å². The summed E-state index contributed by atoms with van der Waals surface area (Å²) < 4.78 is 22.4. The van der Waals surface area contributed by atoms with E-state index in [1.807, 2.05) is 20.8 Å². The van der Waals surface area contributed by atoms with Gasteiger partial charge in [-0.15, -0.1) is 0 Å². The van der Waals surface area contributed by atoms with Gasteiger partial charge in [0.15, 0.2) is 9.84 Å². The number of nitrogens with two attached hydrogens (primary N) is 1. The van der Waals surface area contributed by atoms with Crippen LogP contribution in [0, 0.1) is 11.3 Å². The quantitative estimate of drug-likeness (QED) is 0.566. The van der Waals surface area contributed by atoms with E-state index in [9.17, 15) is 8.42 Å². The van der Waals surface area contributed by atoms with Crippen LogP contribution < -0.4 is 5.73 Å². The molecule has 4 nitrogen and oxygen atoms in total. The van der Waals surface area contributed by atoms with E-state index in [1.165, 1.54) is 0 Å². The van der Waals surface area contributed by atoms with Crippen LogP contribution >= 0.6 is 0 Å². The molecule has 0 bridgehead atoms. The monoisotopic (exact) mass is 232 g/mol. The average molecular weight is 232 g/mol. The minimum atomic E-state index is -2.79. The second-order valence-electron chi connectivity index (χ2n) is 5.24. The Balaban J connectivity index is 2.52. The van der Waals surface area contributed by atoms with Crippen molar-refractivity contribution in [2.45, 2.75) is 27.2 Å². The fraction of sp³-hybridized carbons (Fsp3) is 0.900. The Bertz CT molecular complexity index is 352. The number of aliphatic imine (C=N–C) groups is 1. The molecule has 1 unspecified atom stereocenters. The zero-order chi connectivity index (χ0) is 11.7. The largest absolute Gasteiger partial charge is 0.387 e. The summed E-state index contributed by atoms with van der Waals surface area (Å²) in [6, 6.07) is 0. The highest BCUT2D eigenvalue weighted by Crippen LogP contribution is 2.19. The SMILES string of the molecule is CC(C)(C)C(N)=NCC1CCS(=O)(=O)C1. The van der Waals surface area contributed by atoms with Crippen molar-refractivity contribution < 1.29 is 8.42 Å². The Morgan fingerprint density at radius 3 is 2.47 bits per heavy atom. The molecule has 1 aliphatic rings. The van der Waals surface area contributed by atoms with Crippen molar-refractivity contribution in [3.8, 4) is 0 Å². The highest BCUT2D eigenvalue weighted by molar-refractivity contribution is 7.91. The van der Waals surface area contributed by atoms with Crippen molar-refractivity contribution >= 4 is 15.7 Å². The van der Waals surface area contributed by atoms with Gasteiger partial charge in [0.05, 0.1) is 17.3 Å².